The Morgan fingerprint density at radius 1 is 1.19 bits per heavy atom. The van der Waals surface area contributed by atoms with Gasteiger partial charge in [-0.25, -0.2) is 0 Å². The number of hydrogen-bond donors (Lipinski definition) is 1. The summed E-state index contributed by atoms with van der Waals surface area (Å²) in [5.74, 6) is 3.55. The third-order valence-corrected chi connectivity index (χ3v) is 10.1. The van der Waals surface area contributed by atoms with Crippen LogP contribution < -0.4 is 4.74 Å². The van der Waals surface area contributed by atoms with Gasteiger partial charge in [-0.3, -0.25) is 0 Å². The maximum atomic E-state index is 9.86. The lowest BCUT2D eigenvalue weighted by Gasteiger charge is -2.40. The second-order valence-corrected chi connectivity index (χ2v) is 13.4. The molecule has 152 valence electrons. The van der Waals surface area contributed by atoms with Crippen LogP contribution in [0.3, 0.4) is 0 Å². The van der Waals surface area contributed by atoms with E-state index in [0.29, 0.717) is 13.2 Å². The average molecular weight is 393 g/mol. The van der Waals surface area contributed by atoms with Crippen LogP contribution in [0, 0.1) is 24.2 Å². The molecule has 0 aromatic heterocycles. The molecule has 0 aliphatic rings. The molecule has 0 amide bonds. The summed E-state index contributed by atoms with van der Waals surface area (Å²) in [4.78, 5) is 0. The molecule has 0 saturated carbocycles. The highest BCUT2D eigenvalue weighted by molar-refractivity contribution is 6.74. The molecule has 0 spiro atoms. The van der Waals surface area contributed by atoms with E-state index in [1.54, 1.807) is 7.11 Å². The van der Waals surface area contributed by atoms with Gasteiger partial charge in [0.25, 0.3) is 0 Å². The molecule has 0 aliphatic carbocycles. The summed E-state index contributed by atoms with van der Waals surface area (Å²) >= 11 is 0. The standard InChI is InChI=1S/C22H36O4Si/c1-9-21(26-27(7,8)22(3,4)5)17(2)19(14-23)16-25-15-18-10-12-20(24-6)13-11-18/h1,10-13,17,19,21,23H,14-16H2,2-8H3/t17-,19+,21+/m1/s1. The van der Waals surface area contributed by atoms with E-state index in [9.17, 15) is 5.11 Å². The van der Waals surface area contributed by atoms with Gasteiger partial charge in [0.05, 0.1) is 20.3 Å². The van der Waals surface area contributed by atoms with Crippen LogP contribution in [0.1, 0.15) is 33.3 Å². The average Bonchev–Trinajstić information content (AvgIpc) is 2.62. The summed E-state index contributed by atoms with van der Waals surface area (Å²) in [6.45, 7) is 13.9. The van der Waals surface area contributed by atoms with Gasteiger partial charge in [0.15, 0.2) is 8.32 Å². The van der Waals surface area contributed by atoms with Gasteiger partial charge >= 0.3 is 0 Å². The van der Waals surface area contributed by atoms with Crippen molar-refractivity contribution in [3.8, 4) is 18.1 Å². The Labute approximate surface area is 166 Å². The molecule has 27 heavy (non-hydrogen) atoms. The zero-order chi connectivity index (χ0) is 20.7. The summed E-state index contributed by atoms with van der Waals surface area (Å²) in [5, 5.41) is 9.94. The summed E-state index contributed by atoms with van der Waals surface area (Å²) < 4.78 is 17.4. The van der Waals surface area contributed by atoms with Crippen LogP contribution in [0.25, 0.3) is 0 Å². The van der Waals surface area contributed by atoms with Crippen molar-refractivity contribution in [2.75, 3.05) is 20.3 Å². The van der Waals surface area contributed by atoms with Crippen molar-refractivity contribution >= 4 is 8.32 Å². The van der Waals surface area contributed by atoms with E-state index in [1.165, 1.54) is 0 Å². The van der Waals surface area contributed by atoms with Gasteiger partial charge in [-0.2, -0.15) is 0 Å². The molecule has 0 heterocycles. The minimum atomic E-state index is -1.98. The van der Waals surface area contributed by atoms with Crippen molar-refractivity contribution in [3.63, 3.8) is 0 Å². The summed E-state index contributed by atoms with van der Waals surface area (Å²) in [7, 11) is -0.335. The highest BCUT2D eigenvalue weighted by Crippen LogP contribution is 2.38. The molecule has 3 atom stereocenters. The number of ether oxygens (including phenoxy) is 2. The SMILES string of the molecule is C#C[C@H](O[Si](C)(C)C(C)(C)C)[C@H](C)[C@@H](CO)COCc1ccc(OC)cc1. The van der Waals surface area contributed by atoms with E-state index in [2.05, 4.69) is 39.8 Å². The molecule has 5 heteroatoms. The lowest BCUT2D eigenvalue weighted by Crippen LogP contribution is -2.46. The van der Waals surface area contributed by atoms with Crippen LogP contribution in [-0.2, 0) is 15.8 Å². The van der Waals surface area contributed by atoms with Gasteiger partial charge in [-0.05, 0) is 41.7 Å². The van der Waals surface area contributed by atoms with Crippen molar-refractivity contribution in [1.29, 1.82) is 0 Å². The number of aliphatic hydroxyl groups is 1. The fourth-order valence-corrected chi connectivity index (χ4v) is 3.73. The van der Waals surface area contributed by atoms with Gasteiger partial charge < -0.3 is 19.0 Å². The third kappa shape index (κ3) is 6.97. The first-order valence-electron chi connectivity index (χ1n) is 9.51. The first kappa shape index (κ1) is 23.7. The monoisotopic (exact) mass is 392 g/mol. The van der Waals surface area contributed by atoms with Crippen molar-refractivity contribution in [1.82, 2.24) is 0 Å². The van der Waals surface area contributed by atoms with E-state index in [1.807, 2.05) is 31.2 Å². The Morgan fingerprint density at radius 2 is 1.78 bits per heavy atom. The highest BCUT2D eigenvalue weighted by atomic mass is 28.4. The first-order chi connectivity index (χ1) is 12.6. The first-order valence-corrected chi connectivity index (χ1v) is 12.4. The molecule has 0 aliphatic heterocycles. The van der Waals surface area contributed by atoms with E-state index in [-0.39, 0.29) is 29.6 Å². The van der Waals surface area contributed by atoms with E-state index >= 15 is 0 Å². The van der Waals surface area contributed by atoms with Gasteiger partial charge in [-0.15, -0.1) is 6.42 Å². The number of aliphatic hydroxyl groups excluding tert-OH is 1. The van der Waals surface area contributed by atoms with E-state index < -0.39 is 8.32 Å². The Hall–Kier alpha value is -1.32. The Kier molecular flexibility index (Phi) is 9.03. The predicted molar refractivity (Wildman–Crippen MR) is 113 cm³/mol. The molecule has 1 rings (SSSR count). The summed E-state index contributed by atoms with van der Waals surface area (Å²) in [5.41, 5.74) is 1.06. The van der Waals surface area contributed by atoms with Crippen LogP contribution in [-0.4, -0.2) is 39.9 Å². The molecule has 0 radical (unpaired) electrons. The van der Waals surface area contributed by atoms with Crippen LogP contribution >= 0.6 is 0 Å². The maximum Gasteiger partial charge on any atom is 0.193 e. The highest BCUT2D eigenvalue weighted by Gasteiger charge is 2.40. The van der Waals surface area contributed by atoms with E-state index in [0.717, 1.165) is 11.3 Å². The summed E-state index contributed by atoms with van der Waals surface area (Å²) in [6, 6.07) is 7.76. The lowest BCUT2D eigenvalue weighted by molar-refractivity contribution is 0.0172. The number of rotatable bonds is 10. The van der Waals surface area contributed by atoms with Gasteiger partial charge in [0, 0.05) is 12.5 Å². The maximum absolute atomic E-state index is 9.86. The molecule has 1 N–H and O–H groups in total. The Bertz CT molecular complexity index is 598. The molecule has 0 bridgehead atoms. The van der Waals surface area contributed by atoms with Crippen LogP contribution in [0.5, 0.6) is 5.75 Å². The van der Waals surface area contributed by atoms with Crippen molar-refractivity contribution in [2.24, 2.45) is 11.8 Å². The Morgan fingerprint density at radius 3 is 2.22 bits per heavy atom. The van der Waals surface area contributed by atoms with Crippen LogP contribution in [0.15, 0.2) is 24.3 Å². The Balaban J connectivity index is 2.65. The van der Waals surface area contributed by atoms with E-state index in [4.69, 9.17) is 20.3 Å². The third-order valence-electron chi connectivity index (χ3n) is 5.61. The quantitative estimate of drug-likeness (QED) is 0.471. The molecular formula is C22H36O4Si. The number of hydrogen-bond acceptors (Lipinski definition) is 4. The molecular weight excluding hydrogens is 356 g/mol. The minimum absolute atomic E-state index is 0.00462. The zero-order valence-corrected chi connectivity index (χ0v) is 18.9. The second kappa shape index (κ2) is 10.3. The molecule has 1 aromatic rings. The van der Waals surface area contributed by atoms with Gasteiger partial charge in [-0.1, -0.05) is 45.7 Å². The minimum Gasteiger partial charge on any atom is -0.497 e. The number of terminal acetylenes is 1. The number of methoxy groups -OCH3 is 1. The van der Waals surface area contributed by atoms with Crippen molar-refractivity contribution in [2.45, 2.75) is 58.5 Å². The zero-order valence-electron chi connectivity index (χ0n) is 17.9. The van der Waals surface area contributed by atoms with Crippen LogP contribution in [0.2, 0.25) is 18.1 Å². The smallest absolute Gasteiger partial charge is 0.193 e. The van der Waals surface area contributed by atoms with Crippen molar-refractivity contribution in [3.05, 3.63) is 29.8 Å². The van der Waals surface area contributed by atoms with Crippen LogP contribution in [0.4, 0.5) is 0 Å². The van der Waals surface area contributed by atoms with Gasteiger partial charge in [0.1, 0.15) is 11.9 Å². The van der Waals surface area contributed by atoms with Gasteiger partial charge in [0.2, 0.25) is 0 Å². The second-order valence-electron chi connectivity index (χ2n) is 8.63. The lowest BCUT2D eigenvalue weighted by atomic mass is 9.90. The summed E-state index contributed by atoms with van der Waals surface area (Å²) in [6.07, 6.45) is 5.45. The molecule has 0 unspecified atom stereocenters. The fourth-order valence-electron chi connectivity index (χ4n) is 2.46. The fraction of sp³-hybridized carbons (Fsp3) is 0.636. The number of benzene rings is 1. The molecule has 0 fully saturated rings. The predicted octanol–water partition coefficient (Wildman–Crippen LogP) is 4.48. The molecule has 0 saturated heterocycles. The largest absolute Gasteiger partial charge is 0.497 e. The van der Waals surface area contributed by atoms with Crippen molar-refractivity contribution < 1.29 is 19.0 Å². The molecule has 4 nitrogen and oxygen atoms in total. The molecule has 1 aromatic carbocycles. The normalized spacial score (nSPS) is 15.7. The topological polar surface area (TPSA) is 47.9 Å².